The van der Waals surface area contributed by atoms with E-state index < -0.39 is 12.0 Å². The van der Waals surface area contributed by atoms with Gasteiger partial charge in [0.25, 0.3) is 5.91 Å². The number of ether oxygens (including phenoxy) is 1. The Morgan fingerprint density at radius 2 is 1.95 bits per heavy atom. The molecule has 2 aromatic rings. The highest BCUT2D eigenvalue weighted by Gasteiger charge is 2.22. The number of carbonyl (C=O) groups is 2. The van der Waals surface area contributed by atoms with Crippen LogP contribution in [0.1, 0.15) is 27.7 Å². The van der Waals surface area contributed by atoms with E-state index in [0.29, 0.717) is 19.8 Å². The minimum Gasteiger partial charge on any atom is -0.469 e. The number of halogens is 2. The van der Waals surface area contributed by atoms with Gasteiger partial charge in [-0.25, -0.2) is 0 Å². The van der Waals surface area contributed by atoms with Crippen LogP contribution in [-0.2, 0) is 9.53 Å². The molecule has 1 aromatic heterocycles. The van der Waals surface area contributed by atoms with Gasteiger partial charge in [0.2, 0.25) is 0 Å². The predicted molar refractivity (Wildman–Crippen MR) is 87.6 cm³/mol. The predicted octanol–water partition coefficient (Wildman–Crippen LogP) is 4.09. The number of rotatable bonds is 5. The SMILES string of the molecule is COC(=O)CC(NC(=O)c1ccc(Cl)s1)c1ccccc1Cl. The highest BCUT2D eigenvalue weighted by Crippen LogP contribution is 2.27. The lowest BCUT2D eigenvalue weighted by Gasteiger charge is -2.19. The number of carbonyl (C=O) groups excluding carboxylic acids is 2. The summed E-state index contributed by atoms with van der Waals surface area (Å²) in [4.78, 5) is 24.3. The third-order valence-electron chi connectivity index (χ3n) is 2.98. The maximum Gasteiger partial charge on any atom is 0.307 e. The van der Waals surface area contributed by atoms with E-state index in [1.165, 1.54) is 18.4 Å². The van der Waals surface area contributed by atoms with Gasteiger partial charge in [-0.1, -0.05) is 41.4 Å². The molecule has 0 aliphatic heterocycles. The maximum absolute atomic E-state index is 12.3. The van der Waals surface area contributed by atoms with Crippen molar-refractivity contribution in [3.8, 4) is 0 Å². The molecule has 0 bridgehead atoms. The molecule has 0 aliphatic rings. The zero-order valence-electron chi connectivity index (χ0n) is 11.6. The maximum atomic E-state index is 12.3. The quantitative estimate of drug-likeness (QED) is 0.819. The summed E-state index contributed by atoms with van der Waals surface area (Å²) in [5.41, 5.74) is 0.658. The number of amides is 1. The standard InChI is InChI=1S/C15H13Cl2NO3S/c1-21-14(19)8-11(9-4-2-3-5-10(9)16)18-15(20)12-6-7-13(17)22-12/h2-7,11H,8H2,1H3,(H,18,20). The van der Waals surface area contributed by atoms with Crippen LogP contribution in [0.25, 0.3) is 0 Å². The minimum atomic E-state index is -0.575. The summed E-state index contributed by atoms with van der Waals surface area (Å²) >= 11 is 13.2. The first-order valence-corrected chi connectivity index (χ1v) is 7.96. The molecule has 0 aliphatic carbocycles. The van der Waals surface area contributed by atoms with E-state index >= 15 is 0 Å². The van der Waals surface area contributed by atoms with Crippen molar-refractivity contribution in [1.29, 1.82) is 0 Å². The normalized spacial score (nSPS) is 11.8. The minimum absolute atomic E-state index is 0.00885. The van der Waals surface area contributed by atoms with E-state index in [9.17, 15) is 9.59 Å². The number of esters is 1. The lowest BCUT2D eigenvalue weighted by molar-refractivity contribution is -0.141. The van der Waals surface area contributed by atoms with Gasteiger partial charge in [0.05, 0.1) is 28.8 Å². The van der Waals surface area contributed by atoms with Gasteiger partial charge in [-0.15, -0.1) is 11.3 Å². The van der Waals surface area contributed by atoms with Gasteiger partial charge < -0.3 is 10.1 Å². The molecule has 0 fully saturated rings. The van der Waals surface area contributed by atoms with Crippen LogP contribution < -0.4 is 5.32 Å². The zero-order chi connectivity index (χ0) is 16.1. The molecule has 1 unspecified atom stereocenters. The van der Waals surface area contributed by atoms with Gasteiger partial charge in [-0.3, -0.25) is 9.59 Å². The summed E-state index contributed by atoms with van der Waals surface area (Å²) < 4.78 is 5.20. The number of thiophene rings is 1. The Bertz CT molecular complexity index is 687. The lowest BCUT2D eigenvalue weighted by atomic mass is 10.0. The first-order chi connectivity index (χ1) is 10.5. The van der Waals surface area contributed by atoms with Crippen LogP contribution in [0.5, 0.6) is 0 Å². The molecule has 22 heavy (non-hydrogen) atoms. The first kappa shape index (κ1) is 16.8. The van der Waals surface area contributed by atoms with Crippen molar-refractivity contribution >= 4 is 46.4 Å². The average molecular weight is 358 g/mol. The summed E-state index contributed by atoms with van der Waals surface area (Å²) in [6.07, 6.45) is -0.00885. The Hall–Kier alpha value is -1.56. The number of hydrogen-bond acceptors (Lipinski definition) is 4. The monoisotopic (exact) mass is 357 g/mol. The van der Waals surface area contributed by atoms with Crippen molar-refractivity contribution in [2.24, 2.45) is 0 Å². The van der Waals surface area contributed by atoms with Gasteiger partial charge in [0, 0.05) is 5.02 Å². The van der Waals surface area contributed by atoms with Crippen LogP contribution in [0.2, 0.25) is 9.36 Å². The average Bonchev–Trinajstić information content (AvgIpc) is 2.93. The highest BCUT2D eigenvalue weighted by molar-refractivity contribution is 7.18. The molecule has 1 aromatic carbocycles. The molecule has 1 N–H and O–H groups in total. The van der Waals surface area contributed by atoms with Gasteiger partial charge in [0.1, 0.15) is 0 Å². The zero-order valence-corrected chi connectivity index (χ0v) is 14.0. The fraction of sp³-hybridized carbons (Fsp3) is 0.200. The van der Waals surface area contributed by atoms with Gasteiger partial charge >= 0.3 is 5.97 Å². The first-order valence-electron chi connectivity index (χ1n) is 6.38. The van der Waals surface area contributed by atoms with Crippen molar-refractivity contribution in [3.05, 3.63) is 56.2 Å². The molecule has 0 radical (unpaired) electrons. The second kappa shape index (κ2) is 7.63. The van der Waals surface area contributed by atoms with Crippen LogP contribution in [0.4, 0.5) is 0 Å². The number of methoxy groups -OCH3 is 1. The van der Waals surface area contributed by atoms with Crippen molar-refractivity contribution in [3.63, 3.8) is 0 Å². The van der Waals surface area contributed by atoms with Crippen LogP contribution >= 0.6 is 34.5 Å². The van der Waals surface area contributed by atoms with E-state index in [1.54, 1.807) is 36.4 Å². The Morgan fingerprint density at radius 3 is 2.55 bits per heavy atom. The Labute approximate surface area is 142 Å². The number of hydrogen-bond donors (Lipinski definition) is 1. The molecule has 2 rings (SSSR count). The summed E-state index contributed by atoms with van der Waals surface area (Å²) in [6, 6.07) is 9.74. The summed E-state index contributed by atoms with van der Waals surface area (Å²) in [7, 11) is 1.30. The molecule has 1 amide bonds. The van der Waals surface area contributed by atoms with Crippen LogP contribution in [0.15, 0.2) is 36.4 Å². The second-order valence-electron chi connectivity index (χ2n) is 4.43. The van der Waals surface area contributed by atoms with Crippen LogP contribution in [0, 0.1) is 0 Å². The molecule has 1 atom stereocenters. The van der Waals surface area contributed by atoms with E-state index in [2.05, 4.69) is 10.1 Å². The van der Waals surface area contributed by atoms with E-state index in [-0.39, 0.29) is 12.3 Å². The summed E-state index contributed by atoms with van der Waals surface area (Å²) in [5, 5.41) is 3.27. The third kappa shape index (κ3) is 4.22. The van der Waals surface area contributed by atoms with Crippen molar-refractivity contribution in [1.82, 2.24) is 5.32 Å². The van der Waals surface area contributed by atoms with E-state index in [4.69, 9.17) is 23.2 Å². The summed E-state index contributed by atoms with van der Waals surface area (Å²) in [6.45, 7) is 0. The fourth-order valence-corrected chi connectivity index (χ4v) is 3.13. The van der Waals surface area contributed by atoms with Crippen molar-refractivity contribution in [2.45, 2.75) is 12.5 Å². The molecule has 116 valence electrons. The summed E-state index contributed by atoms with van der Waals surface area (Å²) in [5.74, 6) is -0.750. The van der Waals surface area contributed by atoms with E-state index in [0.717, 1.165) is 0 Å². The largest absolute Gasteiger partial charge is 0.469 e. The highest BCUT2D eigenvalue weighted by atomic mass is 35.5. The molecule has 1 heterocycles. The number of nitrogens with one attached hydrogen (secondary N) is 1. The lowest BCUT2D eigenvalue weighted by Crippen LogP contribution is -2.30. The fourth-order valence-electron chi connectivity index (χ4n) is 1.91. The molecule has 0 saturated carbocycles. The van der Waals surface area contributed by atoms with Crippen LogP contribution in [-0.4, -0.2) is 19.0 Å². The Morgan fingerprint density at radius 1 is 1.23 bits per heavy atom. The molecule has 0 spiro atoms. The third-order valence-corrected chi connectivity index (χ3v) is 4.56. The number of benzene rings is 1. The van der Waals surface area contributed by atoms with Gasteiger partial charge in [0.15, 0.2) is 0 Å². The van der Waals surface area contributed by atoms with E-state index in [1.807, 2.05) is 0 Å². The molecule has 7 heteroatoms. The Kier molecular flexibility index (Phi) is 5.83. The molecule has 4 nitrogen and oxygen atoms in total. The molecular weight excluding hydrogens is 345 g/mol. The topological polar surface area (TPSA) is 55.4 Å². The Balaban J connectivity index is 2.23. The molecule has 0 saturated heterocycles. The van der Waals surface area contributed by atoms with Crippen molar-refractivity contribution < 1.29 is 14.3 Å². The van der Waals surface area contributed by atoms with Crippen LogP contribution in [0.3, 0.4) is 0 Å². The smallest absolute Gasteiger partial charge is 0.307 e. The molecular formula is C15H13Cl2NO3S. The van der Waals surface area contributed by atoms with Gasteiger partial charge in [-0.2, -0.15) is 0 Å². The second-order valence-corrected chi connectivity index (χ2v) is 6.55. The van der Waals surface area contributed by atoms with Crippen molar-refractivity contribution in [2.75, 3.05) is 7.11 Å². The van der Waals surface area contributed by atoms with Gasteiger partial charge in [-0.05, 0) is 23.8 Å².